The minimum absolute atomic E-state index is 0.0796. The fourth-order valence-electron chi connectivity index (χ4n) is 7.44. The molecule has 2 heterocycles. The van der Waals surface area contributed by atoms with Crippen LogP contribution in [0.3, 0.4) is 0 Å². The molecule has 0 unspecified atom stereocenters. The molecule has 11 atom stereocenters. The summed E-state index contributed by atoms with van der Waals surface area (Å²) >= 11 is 6.25. The summed E-state index contributed by atoms with van der Waals surface area (Å²) < 4.78 is 41.1. The number of alkyl halides is 1. The molecule has 0 aromatic rings. The average Bonchev–Trinajstić information content (AvgIpc) is 3.75. The number of hydrogen-bond acceptors (Lipinski definition) is 15. The lowest BCUT2D eigenvalue weighted by Gasteiger charge is -2.59. The van der Waals surface area contributed by atoms with Crippen LogP contribution in [0.5, 0.6) is 0 Å². The molecule has 3 fully saturated rings. The summed E-state index contributed by atoms with van der Waals surface area (Å²) in [7, 11) is 0. The van der Waals surface area contributed by atoms with Gasteiger partial charge in [0.25, 0.3) is 0 Å². The summed E-state index contributed by atoms with van der Waals surface area (Å²) in [5.74, 6) is -8.60. The van der Waals surface area contributed by atoms with Gasteiger partial charge in [-0.1, -0.05) is 26.8 Å². The zero-order valence-electron chi connectivity index (χ0n) is 28.3. The molecule has 4 rings (SSSR count). The van der Waals surface area contributed by atoms with Gasteiger partial charge in [-0.05, 0) is 30.6 Å². The lowest BCUT2D eigenvalue weighted by atomic mass is 9.51. The first kappa shape index (κ1) is 38.3. The zero-order chi connectivity index (χ0) is 36.6. The molecule has 4 aliphatic rings. The SMILES string of the molecule is CC(=O)O[C@H]1[C@@H](OC(=O)CC(C)C)[C@]2(CO2)[C@@H]2[C@H](OC(C)=O)[C@@]3(O)[C@H](/C=C(CCl)\C=C/[C@H](OC(=O)CO)[C@@]2(C)[C@H]1OC(C)=O)OC(=O)[C@@H]3C. The molecule has 2 aliphatic heterocycles. The van der Waals surface area contributed by atoms with E-state index >= 15 is 0 Å². The van der Waals surface area contributed by atoms with Gasteiger partial charge in [0.15, 0.2) is 30.0 Å². The molecule has 272 valence electrons. The smallest absolute Gasteiger partial charge is 0.332 e. The van der Waals surface area contributed by atoms with Crippen molar-refractivity contribution in [3.05, 3.63) is 23.8 Å². The Morgan fingerprint density at radius 2 is 1.55 bits per heavy atom. The third-order valence-corrected chi connectivity index (χ3v) is 9.91. The van der Waals surface area contributed by atoms with E-state index in [0.717, 1.165) is 20.8 Å². The Kier molecular flexibility index (Phi) is 11.2. The molecule has 0 bridgehead atoms. The van der Waals surface area contributed by atoms with Crippen molar-refractivity contribution in [1.29, 1.82) is 0 Å². The first-order valence-corrected chi connectivity index (χ1v) is 16.4. The predicted molar refractivity (Wildman–Crippen MR) is 165 cm³/mol. The molecule has 16 heteroatoms. The highest BCUT2D eigenvalue weighted by Gasteiger charge is 2.81. The minimum Gasteiger partial charge on any atom is -0.459 e. The quantitative estimate of drug-likeness (QED) is 0.148. The number of allylic oxidation sites excluding steroid dienone is 2. The van der Waals surface area contributed by atoms with Crippen molar-refractivity contribution in [2.45, 2.75) is 103 Å². The Balaban J connectivity index is 2.15. The Hall–Kier alpha value is -3.53. The molecule has 0 amide bonds. The number of carbonyl (C=O) groups excluding carboxylic acids is 6. The van der Waals surface area contributed by atoms with Crippen molar-refractivity contribution in [3.8, 4) is 0 Å². The van der Waals surface area contributed by atoms with E-state index in [2.05, 4.69) is 0 Å². The first-order chi connectivity index (χ1) is 22.9. The monoisotopic (exact) mass is 714 g/mol. The second kappa shape index (κ2) is 14.4. The van der Waals surface area contributed by atoms with E-state index in [9.17, 15) is 39.0 Å². The Morgan fingerprint density at radius 3 is 2.06 bits per heavy atom. The summed E-state index contributed by atoms with van der Waals surface area (Å²) in [6.45, 7) is 8.26. The molecular formula is C33H43ClO15. The van der Waals surface area contributed by atoms with E-state index in [4.69, 9.17) is 44.8 Å². The topological polar surface area (TPSA) is 211 Å². The number of epoxide rings is 1. The second-order valence-electron chi connectivity index (χ2n) is 13.5. The minimum atomic E-state index is -2.39. The molecule has 1 saturated carbocycles. The van der Waals surface area contributed by atoms with Gasteiger partial charge in [0.05, 0.1) is 17.9 Å². The Bertz CT molecular complexity index is 1420. The molecule has 15 nitrogen and oxygen atoms in total. The molecule has 0 aromatic heterocycles. The molecule has 1 spiro atoms. The standard InChI is InChI=1S/C33H43ClO15/c1-15(2)10-23(39)49-28-25(44-17(4)36)27(45-18(5)37)31(7)21(47-24(40)13-35)9-8-20(12-34)11-22-33(42,16(3)30(41)48-22)29(46-19(6)38)26(31)32(28)14-43-32/h8-9,11,15-16,21-22,25-29,35,42H,10,12-14H2,1-7H3/b9-8-,20-11+/t16-,21-,22-,25+,26+,27-,28+,29-,31+,32-,33-/m0/s1. The van der Waals surface area contributed by atoms with Gasteiger partial charge >= 0.3 is 35.8 Å². The van der Waals surface area contributed by atoms with Crippen molar-refractivity contribution in [2.75, 3.05) is 19.1 Å². The molecule has 2 N–H and O–H groups in total. The predicted octanol–water partition coefficient (Wildman–Crippen LogP) is 1.08. The van der Waals surface area contributed by atoms with Crippen LogP contribution in [0.15, 0.2) is 23.8 Å². The maximum atomic E-state index is 13.3. The normalized spacial score (nSPS) is 39.7. The molecule has 49 heavy (non-hydrogen) atoms. The van der Waals surface area contributed by atoms with Crippen LogP contribution in [0.2, 0.25) is 0 Å². The second-order valence-corrected chi connectivity index (χ2v) is 13.8. The first-order valence-electron chi connectivity index (χ1n) is 15.9. The molecule has 2 aliphatic carbocycles. The summed E-state index contributed by atoms with van der Waals surface area (Å²) in [6.07, 6.45) is -5.56. The number of esters is 6. The highest BCUT2D eigenvalue weighted by Crippen LogP contribution is 2.63. The van der Waals surface area contributed by atoms with Crippen LogP contribution in [-0.4, -0.2) is 113 Å². The van der Waals surface area contributed by atoms with E-state index in [1.807, 2.05) is 0 Å². The van der Waals surface area contributed by atoms with Crippen LogP contribution in [0, 0.1) is 23.2 Å². The molecule has 0 radical (unpaired) electrons. The van der Waals surface area contributed by atoms with Crippen molar-refractivity contribution in [1.82, 2.24) is 0 Å². The number of ether oxygens (including phenoxy) is 7. The van der Waals surface area contributed by atoms with Crippen LogP contribution in [0.1, 0.15) is 54.9 Å². The number of halogens is 1. The van der Waals surface area contributed by atoms with Gasteiger partial charge in [0.1, 0.15) is 24.4 Å². The maximum absolute atomic E-state index is 13.3. The molecule has 0 aromatic carbocycles. The van der Waals surface area contributed by atoms with Gasteiger partial charge in [0, 0.05) is 39.0 Å². The third kappa shape index (κ3) is 7.08. The van der Waals surface area contributed by atoms with E-state index in [1.165, 1.54) is 32.1 Å². The van der Waals surface area contributed by atoms with Gasteiger partial charge in [-0.3, -0.25) is 24.0 Å². The van der Waals surface area contributed by atoms with Crippen molar-refractivity contribution in [2.24, 2.45) is 23.2 Å². The maximum Gasteiger partial charge on any atom is 0.332 e. The fourth-order valence-corrected chi connectivity index (χ4v) is 7.62. The Labute approximate surface area is 288 Å². The molecular weight excluding hydrogens is 672 g/mol. The number of rotatable bonds is 9. The number of aliphatic hydroxyl groups excluding tert-OH is 1. The Morgan fingerprint density at radius 1 is 0.959 bits per heavy atom. The summed E-state index contributed by atoms with van der Waals surface area (Å²) in [4.78, 5) is 77.9. The number of aliphatic hydroxyl groups is 2. The van der Waals surface area contributed by atoms with Crippen LogP contribution in [0.25, 0.3) is 0 Å². The highest BCUT2D eigenvalue weighted by molar-refractivity contribution is 6.19. The van der Waals surface area contributed by atoms with Crippen molar-refractivity contribution >= 4 is 47.4 Å². The summed E-state index contributed by atoms with van der Waals surface area (Å²) in [5, 5.41) is 22.5. The van der Waals surface area contributed by atoms with Crippen LogP contribution >= 0.6 is 11.6 Å². The summed E-state index contributed by atoms with van der Waals surface area (Å²) in [5.41, 5.74) is -5.82. The van der Waals surface area contributed by atoms with E-state index in [0.29, 0.717) is 0 Å². The lowest BCUT2D eigenvalue weighted by Crippen LogP contribution is -2.76. The van der Waals surface area contributed by atoms with Gasteiger partial charge in [-0.15, -0.1) is 11.6 Å². The van der Waals surface area contributed by atoms with E-state index in [-0.39, 0.29) is 30.4 Å². The number of hydrogen-bond donors (Lipinski definition) is 2. The summed E-state index contributed by atoms with van der Waals surface area (Å²) in [6, 6.07) is 0. The zero-order valence-corrected chi connectivity index (χ0v) is 29.1. The van der Waals surface area contributed by atoms with Crippen LogP contribution in [0.4, 0.5) is 0 Å². The van der Waals surface area contributed by atoms with E-state index < -0.39 is 107 Å². The van der Waals surface area contributed by atoms with Crippen LogP contribution in [-0.2, 0) is 61.9 Å². The van der Waals surface area contributed by atoms with Gasteiger partial charge in [-0.2, -0.15) is 0 Å². The average molecular weight is 715 g/mol. The third-order valence-electron chi connectivity index (χ3n) is 9.60. The largest absolute Gasteiger partial charge is 0.459 e. The van der Waals surface area contributed by atoms with Crippen LogP contribution < -0.4 is 0 Å². The van der Waals surface area contributed by atoms with Gasteiger partial charge < -0.3 is 43.4 Å². The fraction of sp³-hybridized carbons (Fsp3) is 0.697. The van der Waals surface area contributed by atoms with E-state index in [1.54, 1.807) is 13.8 Å². The van der Waals surface area contributed by atoms with Crippen molar-refractivity contribution in [3.63, 3.8) is 0 Å². The van der Waals surface area contributed by atoms with Crippen molar-refractivity contribution < 1.29 is 72.1 Å². The highest BCUT2D eigenvalue weighted by atomic mass is 35.5. The lowest BCUT2D eigenvalue weighted by molar-refractivity contribution is -0.279. The molecule has 2 saturated heterocycles. The number of fused-ring (bicyclic) bond motifs is 3. The number of carbonyl (C=O) groups is 6. The van der Waals surface area contributed by atoms with Gasteiger partial charge in [0.2, 0.25) is 0 Å². The van der Waals surface area contributed by atoms with Gasteiger partial charge in [-0.25, -0.2) is 4.79 Å².